The third kappa shape index (κ3) is 5.74. The molecule has 0 aromatic heterocycles. The van der Waals surface area contributed by atoms with E-state index in [9.17, 15) is 49.8 Å². The summed E-state index contributed by atoms with van der Waals surface area (Å²) in [7, 11) is 0. The number of carbonyl (C=O) groups is 4. The van der Waals surface area contributed by atoms with Crippen LogP contribution in [0.1, 0.15) is 101 Å². The second kappa shape index (κ2) is 13.8. The van der Waals surface area contributed by atoms with Gasteiger partial charge in [0.25, 0.3) is 0 Å². The van der Waals surface area contributed by atoms with E-state index in [-0.39, 0.29) is 25.3 Å². The van der Waals surface area contributed by atoms with Crippen LogP contribution in [0.15, 0.2) is 0 Å². The van der Waals surface area contributed by atoms with Crippen LogP contribution in [0.25, 0.3) is 0 Å². The molecular weight excluding hydrogens is 746 g/mol. The third-order valence-corrected chi connectivity index (χ3v) is 16.0. The number of aliphatic hydroxyl groups is 6. The molecule has 4 saturated carbocycles. The maximum Gasteiger partial charge on any atom is 0.338 e. The molecule has 3 heterocycles. The topological polar surface area (TPSA) is 239 Å². The maximum atomic E-state index is 13.9. The summed E-state index contributed by atoms with van der Waals surface area (Å²) in [6, 6.07) is -0.332. The smallest absolute Gasteiger partial charge is 0.338 e. The van der Waals surface area contributed by atoms with E-state index in [4.69, 9.17) is 23.7 Å². The van der Waals surface area contributed by atoms with Gasteiger partial charge in [-0.2, -0.15) is 0 Å². The Balaban J connectivity index is 1.47. The van der Waals surface area contributed by atoms with Crippen molar-refractivity contribution in [1.29, 1.82) is 0 Å². The molecule has 0 unspecified atom stereocenters. The minimum absolute atomic E-state index is 0.0170. The van der Waals surface area contributed by atoms with E-state index in [1.165, 1.54) is 13.8 Å². The third-order valence-electron chi connectivity index (χ3n) is 16.0. The van der Waals surface area contributed by atoms with Gasteiger partial charge in [0.1, 0.15) is 5.60 Å². The minimum Gasteiger partial charge on any atom is -0.458 e. The van der Waals surface area contributed by atoms with Crippen molar-refractivity contribution in [1.82, 2.24) is 4.90 Å². The van der Waals surface area contributed by atoms with E-state index in [0.717, 1.165) is 20.3 Å². The molecule has 0 amide bonds. The molecule has 4 bridgehead atoms. The molecule has 7 fully saturated rings. The van der Waals surface area contributed by atoms with Crippen LogP contribution >= 0.6 is 0 Å². The number of carbonyl (C=O) groups excluding carboxylic acids is 4. The lowest BCUT2D eigenvalue weighted by Gasteiger charge is -2.65. The number of hydrogen-bond donors (Lipinski definition) is 6. The highest BCUT2D eigenvalue weighted by atomic mass is 16.7. The largest absolute Gasteiger partial charge is 0.458 e. The monoisotopic (exact) mass is 809 g/mol. The van der Waals surface area contributed by atoms with E-state index < -0.39 is 130 Å². The van der Waals surface area contributed by atoms with Gasteiger partial charge in [-0.25, -0.2) is 4.79 Å². The van der Waals surface area contributed by atoms with Crippen LogP contribution in [0.4, 0.5) is 0 Å². The lowest BCUT2D eigenvalue weighted by atomic mass is 9.45. The number of hydrogen-bond acceptors (Lipinski definition) is 16. The quantitative estimate of drug-likeness (QED) is 0.145. The predicted octanol–water partition coefficient (Wildman–Crippen LogP) is 0.578. The molecule has 16 heteroatoms. The van der Waals surface area contributed by atoms with Crippen LogP contribution in [0.2, 0.25) is 0 Å². The molecule has 7 rings (SSSR count). The van der Waals surface area contributed by atoms with Gasteiger partial charge in [-0.05, 0) is 77.0 Å². The molecule has 0 radical (unpaired) electrons. The van der Waals surface area contributed by atoms with Crippen molar-refractivity contribution in [3.63, 3.8) is 0 Å². The van der Waals surface area contributed by atoms with E-state index in [2.05, 4.69) is 11.8 Å². The molecule has 1 spiro atoms. The van der Waals surface area contributed by atoms with Gasteiger partial charge >= 0.3 is 23.9 Å². The fraction of sp³-hybridized carbons (Fsp3) is 0.902. The lowest BCUT2D eigenvalue weighted by molar-refractivity contribution is -0.312. The molecule has 0 aromatic rings. The van der Waals surface area contributed by atoms with Crippen LogP contribution in [-0.2, 0) is 42.9 Å². The Morgan fingerprint density at radius 3 is 2.16 bits per heavy atom. The lowest BCUT2D eigenvalue weighted by Crippen LogP contribution is -2.79. The van der Waals surface area contributed by atoms with Crippen LogP contribution in [-0.4, -0.2) is 143 Å². The zero-order chi connectivity index (χ0) is 42.2. The summed E-state index contributed by atoms with van der Waals surface area (Å²) >= 11 is 0. The summed E-state index contributed by atoms with van der Waals surface area (Å²) in [5.74, 6) is -11.6. The van der Waals surface area contributed by atoms with Gasteiger partial charge in [-0.15, -0.1) is 0 Å². The highest BCUT2D eigenvalue weighted by Crippen LogP contribution is 2.79. The van der Waals surface area contributed by atoms with Crippen molar-refractivity contribution in [3.05, 3.63) is 0 Å². The number of esters is 4. The first-order valence-corrected chi connectivity index (χ1v) is 20.8. The number of rotatable bonds is 8. The van der Waals surface area contributed by atoms with Gasteiger partial charge in [0.05, 0.1) is 41.2 Å². The second-order valence-electron chi connectivity index (χ2n) is 19.5. The second-order valence-corrected chi connectivity index (χ2v) is 19.5. The predicted molar refractivity (Wildman–Crippen MR) is 196 cm³/mol. The molecular formula is C41H63NO15. The number of nitrogens with zero attached hydrogens (tertiary/aromatic N) is 1. The van der Waals surface area contributed by atoms with Crippen molar-refractivity contribution >= 4 is 23.9 Å². The fourth-order valence-electron chi connectivity index (χ4n) is 13.7. The van der Waals surface area contributed by atoms with Gasteiger partial charge in [0, 0.05) is 44.3 Å². The average Bonchev–Trinajstić information content (AvgIpc) is 3.42. The summed E-state index contributed by atoms with van der Waals surface area (Å²) in [5, 5.41) is 72.8. The number of ether oxygens (including phenoxy) is 5. The first-order valence-electron chi connectivity index (χ1n) is 20.8. The highest BCUT2D eigenvalue weighted by molar-refractivity contribution is 5.75. The molecule has 3 aliphatic heterocycles. The van der Waals surface area contributed by atoms with Crippen LogP contribution in [0.3, 0.4) is 0 Å². The van der Waals surface area contributed by atoms with Gasteiger partial charge < -0.3 is 54.3 Å². The number of fused-ring (bicyclic) bond motifs is 5. The molecule has 3 saturated heterocycles. The number of piperidine rings is 2. The van der Waals surface area contributed by atoms with Crippen LogP contribution < -0.4 is 0 Å². The Labute approximate surface area is 333 Å². The molecule has 16 nitrogen and oxygen atoms in total. The van der Waals surface area contributed by atoms with E-state index >= 15 is 0 Å². The SMILES string of the molecule is CC[C@@H](C)C(=O)O[C@H]1[C@H](O)[C@H]2[C@@H](CN3C[C@@H](C)CC[C@@H]3[C@@]2(C)O)[C@@H]2C[C@]34O[C@]5(O)[C@@H](OC(=O)[C@H](O)[C@@H](C)O)CC[C@@]3(C)[C@@H]5[C@@](C)(OC(C)=O)[C@@H](OC(C)=O)[C@H]4[C@@]21O. The van der Waals surface area contributed by atoms with Gasteiger partial charge in [-0.1, -0.05) is 27.7 Å². The summed E-state index contributed by atoms with van der Waals surface area (Å²) < 4.78 is 31.3. The average molecular weight is 810 g/mol. The molecule has 322 valence electrons. The Morgan fingerprint density at radius 2 is 1.56 bits per heavy atom. The molecule has 7 aliphatic rings. The summed E-state index contributed by atoms with van der Waals surface area (Å²) in [4.78, 5) is 55.7. The van der Waals surface area contributed by atoms with Crippen LogP contribution in [0, 0.1) is 46.8 Å². The Morgan fingerprint density at radius 1 is 0.895 bits per heavy atom. The van der Waals surface area contributed by atoms with E-state index in [0.29, 0.717) is 31.8 Å². The normalized spacial score (nSPS) is 51.2. The first-order chi connectivity index (χ1) is 26.4. The molecule has 20 atom stereocenters. The van der Waals surface area contributed by atoms with Crippen molar-refractivity contribution < 1.29 is 73.5 Å². The van der Waals surface area contributed by atoms with Crippen molar-refractivity contribution in [3.8, 4) is 0 Å². The molecule has 4 aliphatic carbocycles. The van der Waals surface area contributed by atoms with Gasteiger partial charge in [-0.3, -0.25) is 19.3 Å². The van der Waals surface area contributed by atoms with Crippen molar-refractivity contribution in [2.45, 2.75) is 172 Å². The summed E-state index contributed by atoms with van der Waals surface area (Å²) in [6.07, 6.45) is -7.88. The summed E-state index contributed by atoms with van der Waals surface area (Å²) in [5.41, 5.74) is -8.73. The Kier molecular flexibility index (Phi) is 10.3. The Bertz CT molecular complexity index is 1660. The molecule has 0 aromatic carbocycles. The zero-order valence-electron chi connectivity index (χ0n) is 34.5. The minimum atomic E-state index is -2.49. The first kappa shape index (κ1) is 42.7. The van der Waals surface area contributed by atoms with E-state index in [1.54, 1.807) is 20.8 Å². The zero-order valence-corrected chi connectivity index (χ0v) is 34.5. The maximum absolute atomic E-state index is 13.9. The Hall–Kier alpha value is -2.44. The highest BCUT2D eigenvalue weighted by Gasteiger charge is 2.92. The number of aliphatic hydroxyl groups excluding tert-OH is 3. The van der Waals surface area contributed by atoms with Gasteiger partial charge in [0.15, 0.2) is 30.0 Å². The van der Waals surface area contributed by atoms with Crippen molar-refractivity contribution in [2.75, 3.05) is 13.1 Å². The van der Waals surface area contributed by atoms with E-state index in [1.807, 2.05) is 6.92 Å². The molecule has 57 heavy (non-hydrogen) atoms. The van der Waals surface area contributed by atoms with Crippen LogP contribution in [0.5, 0.6) is 0 Å². The van der Waals surface area contributed by atoms with Gasteiger partial charge in [0.2, 0.25) is 5.79 Å². The standard InChI is InChI=1S/C41H63NO15/c1-10-19(3)33(48)55-31-29(47)27-23(17-42-16-18(2)11-12-25(42)37(27,8)50)24-15-39-30(40(24,31)51)32(53-21(5)44)38(9,56-22(6)45)35-36(39,7)14-13-26(41(35,52)57-39)54-34(49)28(46)20(4)43/h18-20,23-32,35,43,46-47,50-52H,10-17H2,1-9H3/t18-,19+,20+,23-,24-,25+,26-,27+,28+,29+,30+,31-,32-,35+,36-,37+,38-,39+,40-,41+/m0/s1. The summed E-state index contributed by atoms with van der Waals surface area (Å²) in [6.45, 7) is 15.1. The fourth-order valence-corrected chi connectivity index (χ4v) is 13.7. The van der Waals surface area contributed by atoms with Crippen molar-refractivity contribution in [2.24, 2.45) is 46.8 Å². The molecule has 6 N–H and O–H groups in total.